The van der Waals surface area contributed by atoms with E-state index in [-0.39, 0.29) is 34.4 Å². The molecule has 1 fully saturated rings. The molecule has 0 saturated carbocycles. The van der Waals surface area contributed by atoms with E-state index in [1.54, 1.807) is 50.6 Å². The van der Waals surface area contributed by atoms with Crippen LogP contribution in [0.5, 0.6) is 17.2 Å². The Balaban J connectivity index is 1.37. The minimum Gasteiger partial charge on any atom is -0.495 e. The number of nitrogens with zero attached hydrogens (tertiary/aromatic N) is 3. The van der Waals surface area contributed by atoms with Gasteiger partial charge in [-0.05, 0) is 60.0 Å². The van der Waals surface area contributed by atoms with Gasteiger partial charge in [-0.25, -0.2) is 16.8 Å². The van der Waals surface area contributed by atoms with Crippen molar-refractivity contribution in [1.82, 2.24) is 8.61 Å². The molecule has 0 amide bonds. The largest absolute Gasteiger partial charge is 0.495 e. The number of anilines is 1. The molecule has 13 heteroatoms. The SMILES string of the molecule is COc1cc2c(cc1OC)CN(S(=O)(=O)c1ccc(OC)c(N3CCN(S(=O)(=O)c4ccccc4Cl)CC3)c1)CC2. The molecule has 5 rings (SSSR count). The van der Waals surface area contributed by atoms with E-state index in [9.17, 15) is 16.8 Å². The van der Waals surface area contributed by atoms with Crippen LogP contribution in [-0.4, -0.2) is 79.5 Å². The van der Waals surface area contributed by atoms with Gasteiger partial charge in [-0.3, -0.25) is 0 Å². The Labute approximate surface area is 246 Å². The van der Waals surface area contributed by atoms with Crippen molar-refractivity contribution in [2.45, 2.75) is 22.8 Å². The summed E-state index contributed by atoms with van der Waals surface area (Å²) in [5.74, 6) is 1.67. The molecule has 2 heterocycles. The summed E-state index contributed by atoms with van der Waals surface area (Å²) in [6.07, 6.45) is 0.541. The number of hydrogen-bond acceptors (Lipinski definition) is 8. The molecule has 2 aliphatic rings. The number of hydrogen-bond donors (Lipinski definition) is 0. The van der Waals surface area contributed by atoms with Crippen LogP contribution in [0.4, 0.5) is 5.69 Å². The molecule has 41 heavy (non-hydrogen) atoms. The van der Waals surface area contributed by atoms with Crippen molar-refractivity contribution in [3.63, 3.8) is 0 Å². The van der Waals surface area contributed by atoms with Crippen LogP contribution >= 0.6 is 11.6 Å². The summed E-state index contributed by atoms with van der Waals surface area (Å²) in [5, 5.41) is 0.174. The first-order chi connectivity index (χ1) is 19.6. The van der Waals surface area contributed by atoms with Crippen molar-refractivity contribution in [1.29, 1.82) is 0 Å². The number of sulfonamides is 2. The van der Waals surface area contributed by atoms with E-state index in [1.807, 2.05) is 17.0 Å². The summed E-state index contributed by atoms with van der Waals surface area (Å²) >= 11 is 6.17. The first-order valence-corrected chi connectivity index (χ1v) is 16.3. The summed E-state index contributed by atoms with van der Waals surface area (Å²) in [6, 6.07) is 14.9. The normalized spacial score (nSPS) is 16.7. The molecule has 0 bridgehead atoms. The molecule has 0 spiro atoms. The van der Waals surface area contributed by atoms with Crippen LogP contribution in [0.25, 0.3) is 0 Å². The summed E-state index contributed by atoms with van der Waals surface area (Å²) in [4.78, 5) is 2.15. The smallest absolute Gasteiger partial charge is 0.244 e. The van der Waals surface area contributed by atoms with Gasteiger partial charge in [-0.2, -0.15) is 8.61 Å². The lowest BCUT2D eigenvalue weighted by molar-refractivity contribution is 0.348. The number of fused-ring (bicyclic) bond motifs is 1. The fraction of sp³-hybridized carbons (Fsp3) is 0.357. The average molecular weight is 622 g/mol. The van der Waals surface area contributed by atoms with Crippen molar-refractivity contribution in [3.05, 3.63) is 70.7 Å². The fourth-order valence-corrected chi connectivity index (χ4v) is 8.61. The van der Waals surface area contributed by atoms with Gasteiger partial charge in [-0.1, -0.05) is 23.7 Å². The zero-order valence-electron chi connectivity index (χ0n) is 23.0. The van der Waals surface area contributed by atoms with Crippen LogP contribution < -0.4 is 19.1 Å². The summed E-state index contributed by atoms with van der Waals surface area (Å²) < 4.78 is 73.2. The maximum absolute atomic E-state index is 13.8. The summed E-state index contributed by atoms with van der Waals surface area (Å²) in [7, 11) is -2.97. The highest BCUT2D eigenvalue weighted by molar-refractivity contribution is 7.89. The molecule has 1 saturated heterocycles. The zero-order chi connectivity index (χ0) is 29.4. The lowest BCUT2D eigenvalue weighted by Crippen LogP contribution is -2.48. The van der Waals surface area contributed by atoms with Gasteiger partial charge in [0.15, 0.2) is 11.5 Å². The minimum atomic E-state index is -3.84. The lowest BCUT2D eigenvalue weighted by Gasteiger charge is -2.36. The monoisotopic (exact) mass is 621 g/mol. The molecule has 0 N–H and O–H groups in total. The first kappa shape index (κ1) is 29.5. The number of rotatable bonds is 8. The quantitative estimate of drug-likeness (QED) is 0.376. The first-order valence-electron chi connectivity index (χ1n) is 13.0. The molecule has 10 nitrogen and oxygen atoms in total. The van der Waals surface area contributed by atoms with Crippen molar-refractivity contribution in [3.8, 4) is 17.2 Å². The molecule has 2 aliphatic heterocycles. The third-order valence-corrected chi connectivity index (χ3v) is 11.7. The Morgan fingerprint density at radius 1 is 0.683 bits per heavy atom. The van der Waals surface area contributed by atoms with E-state index >= 15 is 0 Å². The molecule has 0 aromatic heterocycles. The molecule has 0 aliphatic carbocycles. The summed E-state index contributed by atoms with van der Waals surface area (Å²) in [5.41, 5.74) is 2.48. The molecule has 0 unspecified atom stereocenters. The van der Waals surface area contributed by atoms with E-state index in [0.717, 1.165) is 11.1 Å². The Kier molecular flexibility index (Phi) is 8.40. The Morgan fingerprint density at radius 3 is 1.95 bits per heavy atom. The molecule has 0 radical (unpaired) electrons. The van der Waals surface area contributed by atoms with Crippen molar-refractivity contribution >= 4 is 37.3 Å². The second kappa shape index (κ2) is 11.7. The van der Waals surface area contributed by atoms with Crippen LogP contribution in [0.1, 0.15) is 11.1 Å². The molecular weight excluding hydrogens is 590 g/mol. The Hall–Kier alpha value is -3.03. The van der Waals surface area contributed by atoms with Crippen molar-refractivity contribution in [2.24, 2.45) is 0 Å². The highest BCUT2D eigenvalue weighted by atomic mass is 35.5. The highest BCUT2D eigenvalue weighted by Crippen LogP contribution is 2.37. The average Bonchev–Trinajstić information content (AvgIpc) is 2.99. The van der Waals surface area contributed by atoms with Crippen LogP contribution in [0, 0.1) is 0 Å². The molecule has 0 atom stereocenters. The van der Waals surface area contributed by atoms with Gasteiger partial charge < -0.3 is 19.1 Å². The number of benzene rings is 3. The van der Waals surface area contributed by atoms with Crippen molar-refractivity contribution < 1.29 is 31.0 Å². The van der Waals surface area contributed by atoms with E-state index in [1.165, 1.54) is 21.8 Å². The van der Waals surface area contributed by atoms with E-state index in [0.29, 0.717) is 49.0 Å². The summed E-state index contributed by atoms with van der Waals surface area (Å²) in [6.45, 7) is 1.65. The van der Waals surface area contributed by atoms with E-state index < -0.39 is 20.0 Å². The standard InChI is InChI=1S/C28H32ClN3O7S2/c1-37-25-9-8-22(40(33,34)32-11-10-20-16-26(38-2)27(39-3)17-21(20)19-32)18-24(25)30-12-14-31(15-13-30)41(35,36)28-7-5-4-6-23(28)29/h4-9,16-18H,10-15,19H2,1-3H3. The maximum Gasteiger partial charge on any atom is 0.244 e. The number of ether oxygens (including phenoxy) is 3. The van der Waals surface area contributed by atoms with E-state index in [4.69, 9.17) is 25.8 Å². The second-order valence-electron chi connectivity index (χ2n) is 9.72. The second-order valence-corrected chi connectivity index (χ2v) is 14.0. The number of piperazine rings is 1. The van der Waals surface area contributed by atoms with Crippen LogP contribution in [0.2, 0.25) is 5.02 Å². The maximum atomic E-state index is 13.8. The van der Waals surface area contributed by atoms with Crippen LogP contribution in [-0.2, 0) is 33.0 Å². The predicted molar refractivity (Wildman–Crippen MR) is 156 cm³/mol. The molecule has 3 aromatic rings. The van der Waals surface area contributed by atoms with Crippen molar-refractivity contribution in [2.75, 3.05) is 59.0 Å². The van der Waals surface area contributed by atoms with Gasteiger partial charge in [0.25, 0.3) is 0 Å². The molecular formula is C28H32ClN3O7S2. The third kappa shape index (κ3) is 5.59. The Morgan fingerprint density at radius 2 is 1.32 bits per heavy atom. The van der Waals surface area contributed by atoms with E-state index in [2.05, 4.69) is 0 Å². The van der Waals surface area contributed by atoms with Gasteiger partial charge in [0.2, 0.25) is 20.0 Å². The van der Waals surface area contributed by atoms with Gasteiger partial charge >= 0.3 is 0 Å². The predicted octanol–water partition coefficient (Wildman–Crippen LogP) is 3.62. The number of halogens is 1. The fourth-order valence-electron chi connectivity index (χ4n) is 5.25. The van der Waals surface area contributed by atoms with Gasteiger partial charge in [0.1, 0.15) is 10.6 Å². The van der Waals surface area contributed by atoms with Crippen LogP contribution in [0.15, 0.2) is 64.4 Å². The zero-order valence-corrected chi connectivity index (χ0v) is 25.4. The third-order valence-electron chi connectivity index (χ3n) is 7.50. The number of methoxy groups -OCH3 is 3. The topological polar surface area (TPSA) is 106 Å². The molecule has 3 aromatic carbocycles. The molecule has 220 valence electrons. The van der Waals surface area contributed by atoms with Gasteiger partial charge in [-0.15, -0.1) is 0 Å². The lowest BCUT2D eigenvalue weighted by atomic mass is 10.0. The van der Waals surface area contributed by atoms with Gasteiger partial charge in [0, 0.05) is 39.3 Å². The highest BCUT2D eigenvalue weighted by Gasteiger charge is 2.33. The van der Waals surface area contributed by atoms with Gasteiger partial charge in [0.05, 0.1) is 36.9 Å². The Bertz CT molecular complexity index is 1660. The minimum absolute atomic E-state index is 0.0694. The van der Waals surface area contributed by atoms with Crippen LogP contribution in [0.3, 0.4) is 0 Å².